The monoisotopic (exact) mass is 635 g/mol. The van der Waals surface area contributed by atoms with Gasteiger partial charge in [-0.3, -0.25) is 0 Å². The zero-order chi connectivity index (χ0) is 33.1. The first-order chi connectivity index (χ1) is 24.8. The number of hydrogen-bond acceptors (Lipinski definition) is 1. The molecule has 0 N–H and O–H groups in total. The maximum atomic E-state index is 2.48. The molecule has 0 amide bonds. The number of benzene rings is 8. The molecule has 1 nitrogen and oxygen atoms in total. The van der Waals surface area contributed by atoms with Crippen molar-refractivity contribution in [2.75, 3.05) is 4.90 Å². The number of fused-ring (bicyclic) bond motifs is 12. The summed E-state index contributed by atoms with van der Waals surface area (Å²) in [5, 5.41) is 0. The highest BCUT2D eigenvalue weighted by atomic mass is 15.1. The molecule has 50 heavy (non-hydrogen) atoms. The van der Waals surface area contributed by atoms with Gasteiger partial charge >= 0.3 is 0 Å². The third kappa shape index (κ3) is 4.14. The van der Waals surface area contributed by atoms with Gasteiger partial charge in [0.05, 0.1) is 5.41 Å². The standard InChI is InChI=1S/C49H33N/c1-3-15-36(16-4-1)50(37-17-5-2-6-18-37)38-30-27-34(28-31-38)35-29-32-44-40-20-8-7-19-39(40)41-21-9-12-24-45(41)49(48(44)33-35)46-25-13-10-22-42(46)43-23-11-14-26-47(43)49/h1-33H. The summed E-state index contributed by atoms with van der Waals surface area (Å²) < 4.78 is 0. The Hall–Kier alpha value is -6.44. The normalized spacial score (nSPS) is 13.0. The van der Waals surface area contributed by atoms with E-state index in [0.29, 0.717) is 0 Å². The Kier molecular flexibility index (Phi) is 6.47. The fourth-order valence-electron chi connectivity index (χ4n) is 8.63. The van der Waals surface area contributed by atoms with Crippen LogP contribution >= 0.6 is 0 Å². The molecule has 0 aromatic heterocycles. The molecule has 2 aliphatic carbocycles. The van der Waals surface area contributed by atoms with Gasteiger partial charge in [0.15, 0.2) is 0 Å². The van der Waals surface area contributed by atoms with Crippen molar-refractivity contribution in [2.45, 2.75) is 5.41 Å². The van der Waals surface area contributed by atoms with Gasteiger partial charge in [0.1, 0.15) is 0 Å². The van der Waals surface area contributed by atoms with Crippen LogP contribution in [0.2, 0.25) is 0 Å². The molecular formula is C49H33N. The number of para-hydroxylation sites is 2. The van der Waals surface area contributed by atoms with Crippen LogP contribution in [0.5, 0.6) is 0 Å². The zero-order valence-electron chi connectivity index (χ0n) is 27.5. The lowest BCUT2D eigenvalue weighted by molar-refractivity contribution is 0.776. The van der Waals surface area contributed by atoms with E-state index < -0.39 is 5.41 Å². The second kappa shape index (κ2) is 11.3. The molecule has 8 aromatic carbocycles. The molecule has 8 aromatic rings. The van der Waals surface area contributed by atoms with Crippen LogP contribution in [0.3, 0.4) is 0 Å². The van der Waals surface area contributed by atoms with Crippen molar-refractivity contribution < 1.29 is 0 Å². The highest BCUT2D eigenvalue weighted by Crippen LogP contribution is 2.61. The van der Waals surface area contributed by atoms with Crippen molar-refractivity contribution in [1.82, 2.24) is 0 Å². The molecular weight excluding hydrogens is 603 g/mol. The fourth-order valence-corrected chi connectivity index (χ4v) is 8.63. The lowest BCUT2D eigenvalue weighted by Gasteiger charge is -2.35. The summed E-state index contributed by atoms with van der Waals surface area (Å²) in [6.07, 6.45) is 0. The van der Waals surface area contributed by atoms with E-state index in [4.69, 9.17) is 0 Å². The van der Waals surface area contributed by atoms with E-state index in [-0.39, 0.29) is 0 Å². The van der Waals surface area contributed by atoms with Gasteiger partial charge in [-0.25, -0.2) is 0 Å². The largest absolute Gasteiger partial charge is 0.311 e. The SMILES string of the molecule is c1ccc(N(c2ccccc2)c2ccc(-c3ccc4c(c3)C3(c5ccccc5-c5ccccc5-4)c4ccccc4-c4ccccc43)cc2)cc1. The topological polar surface area (TPSA) is 3.24 Å². The third-order valence-electron chi connectivity index (χ3n) is 10.7. The summed E-state index contributed by atoms with van der Waals surface area (Å²) in [5.41, 5.74) is 18.4. The summed E-state index contributed by atoms with van der Waals surface area (Å²) in [5.74, 6) is 0. The van der Waals surface area contributed by atoms with Crippen LogP contribution in [-0.4, -0.2) is 0 Å². The van der Waals surface area contributed by atoms with Crippen LogP contribution in [0, 0.1) is 0 Å². The van der Waals surface area contributed by atoms with Crippen molar-refractivity contribution in [3.05, 3.63) is 222 Å². The Labute approximate surface area is 293 Å². The molecule has 0 atom stereocenters. The Morgan fingerprint density at radius 3 is 1.12 bits per heavy atom. The van der Waals surface area contributed by atoms with Gasteiger partial charge in [-0.05, 0) is 109 Å². The summed E-state index contributed by atoms with van der Waals surface area (Å²) >= 11 is 0. The average molecular weight is 636 g/mol. The minimum absolute atomic E-state index is 0.481. The van der Waals surface area contributed by atoms with Gasteiger partial charge in [-0.1, -0.05) is 158 Å². The maximum Gasteiger partial charge on any atom is 0.0725 e. The van der Waals surface area contributed by atoms with Gasteiger partial charge < -0.3 is 4.90 Å². The third-order valence-corrected chi connectivity index (χ3v) is 10.7. The lowest BCUT2D eigenvalue weighted by atomic mass is 9.65. The minimum Gasteiger partial charge on any atom is -0.311 e. The maximum absolute atomic E-state index is 2.48. The molecule has 0 saturated heterocycles. The number of nitrogens with zero attached hydrogens (tertiary/aromatic N) is 1. The van der Waals surface area contributed by atoms with E-state index >= 15 is 0 Å². The molecule has 10 rings (SSSR count). The van der Waals surface area contributed by atoms with E-state index in [1.54, 1.807) is 0 Å². The van der Waals surface area contributed by atoms with Crippen molar-refractivity contribution in [2.24, 2.45) is 0 Å². The van der Waals surface area contributed by atoms with Crippen LogP contribution in [0.1, 0.15) is 22.3 Å². The van der Waals surface area contributed by atoms with E-state index in [0.717, 1.165) is 17.1 Å². The Bertz CT molecular complexity index is 2440. The van der Waals surface area contributed by atoms with Crippen molar-refractivity contribution in [3.8, 4) is 44.5 Å². The van der Waals surface area contributed by atoms with Gasteiger partial charge in [-0.15, -0.1) is 0 Å². The Balaban J connectivity index is 1.21. The van der Waals surface area contributed by atoms with E-state index in [2.05, 4.69) is 205 Å². The quantitative estimate of drug-likeness (QED) is 0.186. The molecule has 0 unspecified atom stereocenters. The molecule has 0 radical (unpaired) electrons. The molecule has 1 spiro atoms. The highest BCUT2D eigenvalue weighted by molar-refractivity contribution is 5.98. The number of hydrogen-bond donors (Lipinski definition) is 0. The molecule has 0 bridgehead atoms. The number of rotatable bonds is 4. The van der Waals surface area contributed by atoms with Crippen LogP contribution in [0.15, 0.2) is 200 Å². The Morgan fingerprint density at radius 2 is 0.620 bits per heavy atom. The first-order valence-corrected chi connectivity index (χ1v) is 17.4. The van der Waals surface area contributed by atoms with Gasteiger partial charge in [0.2, 0.25) is 0 Å². The predicted octanol–water partition coefficient (Wildman–Crippen LogP) is 12.8. The van der Waals surface area contributed by atoms with Crippen LogP contribution in [0.4, 0.5) is 17.1 Å². The minimum atomic E-state index is -0.481. The van der Waals surface area contributed by atoms with Crippen molar-refractivity contribution in [3.63, 3.8) is 0 Å². The second-order valence-corrected chi connectivity index (χ2v) is 13.2. The van der Waals surface area contributed by atoms with E-state index in [1.807, 2.05) is 0 Å². The number of anilines is 3. The summed E-state index contributed by atoms with van der Waals surface area (Å²) in [4.78, 5) is 2.32. The van der Waals surface area contributed by atoms with Crippen molar-refractivity contribution in [1.29, 1.82) is 0 Å². The molecule has 1 heteroatoms. The molecule has 2 aliphatic rings. The second-order valence-electron chi connectivity index (χ2n) is 13.2. The summed E-state index contributed by atoms with van der Waals surface area (Å²) in [6.45, 7) is 0. The zero-order valence-corrected chi connectivity index (χ0v) is 27.5. The molecule has 0 aliphatic heterocycles. The van der Waals surface area contributed by atoms with Gasteiger partial charge in [0, 0.05) is 17.1 Å². The smallest absolute Gasteiger partial charge is 0.0725 e. The van der Waals surface area contributed by atoms with Crippen LogP contribution in [-0.2, 0) is 5.41 Å². The van der Waals surface area contributed by atoms with Gasteiger partial charge in [-0.2, -0.15) is 0 Å². The molecule has 0 heterocycles. The Morgan fingerprint density at radius 1 is 0.260 bits per heavy atom. The summed E-state index contributed by atoms with van der Waals surface area (Å²) in [6, 6.07) is 73.5. The van der Waals surface area contributed by atoms with Crippen molar-refractivity contribution >= 4 is 17.1 Å². The fraction of sp³-hybridized carbons (Fsp3) is 0.0204. The molecule has 0 saturated carbocycles. The van der Waals surface area contributed by atoms with E-state index in [9.17, 15) is 0 Å². The first-order valence-electron chi connectivity index (χ1n) is 17.4. The van der Waals surface area contributed by atoms with Gasteiger partial charge in [0.25, 0.3) is 0 Å². The first kappa shape index (κ1) is 28.6. The predicted molar refractivity (Wildman–Crippen MR) is 208 cm³/mol. The van der Waals surface area contributed by atoms with E-state index in [1.165, 1.54) is 66.8 Å². The molecule has 0 fully saturated rings. The van der Waals surface area contributed by atoms with Crippen LogP contribution < -0.4 is 4.90 Å². The highest BCUT2D eigenvalue weighted by Gasteiger charge is 2.49. The average Bonchev–Trinajstić information content (AvgIpc) is 3.44. The molecule has 234 valence electrons. The lowest BCUT2D eigenvalue weighted by Crippen LogP contribution is -2.29. The summed E-state index contributed by atoms with van der Waals surface area (Å²) in [7, 11) is 0. The van der Waals surface area contributed by atoms with Crippen LogP contribution in [0.25, 0.3) is 44.5 Å².